The molecule has 2 N–H and O–H groups in total. The van der Waals surface area contributed by atoms with Crippen molar-refractivity contribution in [1.82, 2.24) is 0 Å². The number of anilines is 2. The van der Waals surface area contributed by atoms with Gasteiger partial charge in [0.15, 0.2) is 0 Å². The van der Waals surface area contributed by atoms with E-state index in [0.29, 0.717) is 34.0 Å². The van der Waals surface area contributed by atoms with Gasteiger partial charge in [-0.15, -0.1) is 0 Å². The highest BCUT2D eigenvalue weighted by atomic mass is 16.5. The summed E-state index contributed by atoms with van der Waals surface area (Å²) in [5, 5.41) is 5.59. The van der Waals surface area contributed by atoms with Crippen molar-refractivity contribution in [2.75, 3.05) is 24.9 Å². The average Bonchev–Trinajstić information content (AvgIpc) is 2.74. The SMILES string of the molecule is COc1ccc(NC(=O)c2cccc(C(=O)Nc3ccccc3)c2)c(OC)c1. The molecule has 6 nitrogen and oxygen atoms in total. The molecule has 3 aromatic rings. The maximum atomic E-state index is 12.6. The molecule has 2 amide bonds. The van der Waals surface area contributed by atoms with E-state index in [1.54, 1.807) is 61.7 Å². The van der Waals surface area contributed by atoms with Gasteiger partial charge in [-0.25, -0.2) is 0 Å². The van der Waals surface area contributed by atoms with E-state index in [2.05, 4.69) is 10.6 Å². The lowest BCUT2D eigenvalue weighted by Gasteiger charge is -2.12. The van der Waals surface area contributed by atoms with Crippen molar-refractivity contribution >= 4 is 23.2 Å². The van der Waals surface area contributed by atoms with Gasteiger partial charge in [0, 0.05) is 22.9 Å². The van der Waals surface area contributed by atoms with Crippen LogP contribution in [0.4, 0.5) is 11.4 Å². The Balaban J connectivity index is 1.76. The first-order valence-corrected chi connectivity index (χ1v) is 8.60. The number of carbonyl (C=O) groups is 2. The van der Waals surface area contributed by atoms with Crippen LogP contribution < -0.4 is 20.1 Å². The summed E-state index contributed by atoms with van der Waals surface area (Å²) in [5.41, 5.74) is 1.94. The molecule has 0 aliphatic heterocycles. The Kier molecular flexibility index (Phi) is 5.91. The largest absolute Gasteiger partial charge is 0.497 e. The van der Waals surface area contributed by atoms with Gasteiger partial charge >= 0.3 is 0 Å². The third-order valence-electron chi connectivity index (χ3n) is 4.08. The zero-order chi connectivity index (χ0) is 19.9. The molecule has 0 aromatic heterocycles. The number of carbonyl (C=O) groups excluding carboxylic acids is 2. The van der Waals surface area contributed by atoms with E-state index >= 15 is 0 Å². The van der Waals surface area contributed by atoms with Crippen molar-refractivity contribution in [1.29, 1.82) is 0 Å². The second kappa shape index (κ2) is 8.73. The van der Waals surface area contributed by atoms with Gasteiger partial charge < -0.3 is 20.1 Å². The van der Waals surface area contributed by atoms with Gasteiger partial charge in [-0.2, -0.15) is 0 Å². The van der Waals surface area contributed by atoms with Gasteiger partial charge in [0.25, 0.3) is 11.8 Å². The van der Waals surface area contributed by atoms with Crippen molar-refractivity contribution in [3.05, 3.63) is 83.9 Å². The number of benzene rings is 3. The van der Waals surface area contributed by atoms with E-state index in [-0.39, 0.29) is 11.8 Å². The van der Waals surface area contributed by atoms with E-state index in [9.17, 15) is 9.59 Å². The van der Waals surface area contributed by atoms with E-state index in [4.69, 9.17) is 9.47 Å². The molecule has 0 aliphatic carbocycles. The molecule has 0 fully saturated rings. The number of hydrogen-bond acceptors (Lipinski definition) is 4. The molecule has 0 atom stereocenters. The van der Waals surface area contributed by atoms with Crippen molar-refractivity contribution in [3.8, 4) is 11.5 Å². The second-order valence-electron chi connectivity index (χ2n) is 5.92. The van der Waals surface area contributed by atoms with Crippen LogP contribution in [-0.4, -0.2) is 26.0 Å². The average molecular weight is 376 g/mol. The third-order valence-corrected chi connectivity index (χ3v) is 4.08. The summed E-state index contributed by atoms with van der Waals surface area (Å²) in [6, 6.07) is 20.7. The molecule has 0 saturated carbocycles. The normalized spacial score (nSPS) is 10.1. The monoisotopic (exact) mass is 376 g/mol. The molecular formula is C22H20N2O4. The molecule has 6 heteroatoms. The number of rotatable bonds is 6. The summed E-state index contributed by atoms with van der Waals surface area (Å²) in [4.78, 5) is 25.1. The van der Waals surface area contributed by atoms with Crippen molar-refractivity contribution in [2.45, 2.75) is 0 Å². The van der Waals surface area contributed by atoms with E-state index < -0.39 is 0 Å². The van der Waals surface area contributed by atoms with Gasteiger partial charge in [0.1, 0.15) is 11.5 Å². The Bertz CT molecular complexity index is 987. The molecule has 3 aromatic carbocycles. The van der Waals surface area contributed by atoms with E-state index in [0.717, 1.165) is 0 Å². The topological polar surface area (TPSA) is 76.7 Å². The van der Waals surface area contributed by atoms with Crippen LogP contribution in [0, 0.1) is 0 Å². The molecule has 0 radical (unpaired) electrons. The lowest BCUT2D eigenvalue weighted by Crippen LogP contribution is -2.16. The molecular weight excluding hydrogens is 356 g/mol. The number of nitrogens with one attached hydrogen (secondary N) is 2. The minimum absolute atomic E-state index is 0.289. The molecule has 0 heterocycles. The zero-order valence-electron chi connectivity index (χ0n) is 15.6. The molecule has 0 bridgehead atoms. The van der Waals surface area contributed by atoms with Gasteiger partial charge in [0.05, 0.1) is 19.9 Å². The van der Waals surface area contributed by atoms with Crippen LogP contribution in [0.3, 0.4) is 0 Å². The summed E-state index contributed by atoms with van der Waals surface area (Å²) >= 11 is 0. The first kappa shape index (κ1) is 19.0. The Hall–Kier alpha value is -3.80. The highest BCUT2D eigenvalue weighted by molar-refractivity contribution is 6.09. The van der Waals surface area contributed by atoms with Gasteiger partial charge in [-0.1, -0.05) is 24.3 Å². The maximum Gasteiger partial charge on any atom is 0.255 e. The van der Waals surface area contributed by atoms with Crippen LogP contribution in [0.1, 0.15) is 20.7 Å². The smallest absolute Gasteiger partial charge is 0.255 e. The number of ether oxygens (including phenoxy) is 2. The summed E-state index contributed by atoms with van der Waals surface area (Å²) in [7, 11) is 3.07. The van der Waals surface area contributed by atoms with Crippen LogP contribution in [0.5, 0.6) is 11.5 Å². The van der Waals surface area contributed by atoms with Gasteiger partial charge in [0.2, 0.25) is 0 Å². The highest BCUT2D eigenvalue weighted by Gasteiger charge is 2.13. The zero-order valence-corrected chi connectivity index (χ0v) is 15.6. The molecule has 28 heavy (non-hydrogen) atoms. The quantitative estimate of drug-likeness (QED) is 0.676. The molecule has 0 spiro atoms. The summed E-state index contributed by atoms with van der Waals surface area (Å²) in [6.45, 7) is 0. The van der Waals surface area contributed by atoms with E-state index in [1.165, 1.54) is 7.11 Å². The third kappa shape index (κ3) is 4.48. The molecule has 0 saturated heterocycles. The summed E-state index contributed by atoms with van der Waals surface area (Å²) in [5.74, 6) is 0.459. The first-order valence-electron chi connectivity index (χ1n) is 8.60. The molecule has 142 valence electrons. The maximum absolute atomic E-state index is 12.6. The number of para-hydroxylation sites is 1. The first-order chi connectivity index (χ1) is 13.6. The fourth-order valence-corrected chi connectivity index (χ4v) is 2.62. The highest BCUT2D eigenvalue weighted by Crippen LogP contribution is 2.29. The minimum Gasteiger partial charge on any atom is -0.497 e. The standard InChI is InChI=1S/C22H20N2O4/c1-27-18-11-12-19(20(14-18)28-2)24-22(26)16-8-6-7-15(13-16)21(25)23-17-9-4-3-5-10-17/h3-14H,1-2H3,(H,23,25)(H,24,26). The number of methoxy groups -OCH3 is 2. The Morgan fingerprint density at radius 1 is 0.714 bits per heavy atom. The predicted molar refractivity (Wildman–Crippen MR) is 108 cm³/mol. The number of amides is 2. The van der Waals surface area contributed by atoms with Crippen molar-refractivity contribution < 1.29 is 19.1 Å². The number of hydrogen-bond donors (Lipinski definition) is 2. The van der Waals surface area contributed by atoms with Gasteiger partial charge in [-0.05, 0) is 42.5 Å². The van der Waals surface area contributed by atoms with Crippen LogP contribution in [0.25, 0.3) is 0 Å². The fraction of sp³-hybridized carbons (Fsp3) is 0.0909. The van der Waals surface area contributed by atoms with Crippen LogP contribution in [-0.2, 0) is 0 Å². The Morgan fingerprint density at radius 3 is 2.04 bits per heavy atom. The molecule has 0 unspecified atom stereocenters. The lowest BCUT2D eigenvalue weighted by atomic mass is 10.1. The molecule has 3 rings (SSSR count). The van der Waals surface area contributed by atoms with Crippen LogP contribution in [0.2, 0.25) is 0 Å². The minimum atomic E-state index is -0.349. The second-order valence-corrected chi connectivity index (χ2v) is 5.92. The Morgan fingerprint density at radius 2 is 1.39 bits per heavy atom. The fourth-order valence-electron chi connectivity index (χ4n) is 2.62. The van der Waals surface area contributed by atoms with Crippen LogP contribution in [0.15, 0.2) is 72.8 Å². The van der Waals surface area contributed by atoms with Crippen molar-refractivity contribution in [2.24, 2.45) is 0 Å². The van der Waals surface area contributed by atoms with E-state index in [1.807, 2.05) is 18.2 Å². The summed E-state index contributed by atoms with van der Waals surface area (Å²) < 4.78 is 10.4. The predicted octanol–water partition coefficient (Wildman–Crippen LogP) is 4.21. The Labute approximate surface area is 163 Å². The summed E-state index contributed by atoms with van der Waals surface area (Å²) in [6.07, 6.45) is 0. The van der Waals surface area contributed by atoms with Gasteiger partial charge in [-0.3, -0.25) is 9.59 Å². The lowest BCUT2D eigenvalue weighted by molar-refractivity contribution is 0.102. The van der Waals surface area contributed by atoms with Crippen LogP contribution >= 0.6 is 0 Å². The molecule has 0 aliphatic rings. The van der Waals surface area contributed by atoms with Crippen molar-refractivity contribution in [3.63, 3.8) is 0 Å².